The van der Waals surface area contributed by atoms with Crippen LogP contribution in [0.1, 0.15) is 29.2 Å². The molecule has 0 aromatic carbocycles. The summed E-state index contributed by atoms with van der Waals surface area (Å²) in [6.07, 6.45) is 0. The Bertz CT molecular complexity index is 709. The number of hydrogen-bond acceptors (Lipinski definition) is 4. The van der Waals surface area contributed by atoms with Crippen LogP contribution in [0.2, 0.25) is 0 Å². The second-order valence-corrected chi connectivity index (χ2v) is 6.84. The molecule has 1 N–H and O–H groups in total. The number of carbonyl (C=O) groups is 2. The van der Waals surface area contributed by atoms with E-state index in [1.807, 2.05) is 20.0 Å². The van der Waals surface area contributed by atoms with E-state index in [4.69, 9.17) is 0 Å². The number of amides is 2. The lowest BCUT2D eigenvalue weighted by Crippen LogP contribution is -2.63. The molecule has 0 radical (unpaired) electrons. The maximum Gasteiger partial charge on any atom is 0.264 e. The number of aryl methyl sites for hydroxylation is 2. The van der Waals surface area contributed by atoms with Gasteiger partial charge in [-0.1, -0.05) is 0 Å². The van der Waals surface area contributed by atoms with Crippen molar-refractivity contribution in [2.45, 2.75) is 26.3 Å². The quantitative estimate of drug-likeness (QED) is 0.863. The highest BCUT2D eigenvalue weighted by molar-refractivity contribution is 7.20. The van der Waals surface area contributed by atoms with Crippen molar-refractivity contribution in [3.63, 3.8) is 0 Å². The Morgan fingerprint density at radius 2 is 2.19 bits per heavy atom. The molecule has 7 heteroatoms. The van der Waals surface area contributed by atoms with E-state index in [-0.39, 0.29) is 11.8 Å². The fourth-order valence-corrected chi connectivity index (χ4v) is 3.77. The molecule has 2 amide bonds. The zero-order valence-corrected chi connectivity index (χ0v) is 13.4. The van der Waals surface area contributed by atoms with Crippen molar-refractivity contribution in [1.29, 1.82) is 0 Å². The van der Waals surface area contributed by atoms with Gasteiger partial charge in [0, 0.05) is 25.5 Å². The number of rotatable bonds is 1. The van der Waals surface area contributed by atoms with Gasteiger partial charge in [0.15, 0.2) is 0 Å². The van der Waals surface area contributed by atoms with E-state index in [2.05, 4.69) is 10.4 Å². The van der Waals surface area contributed by atoms with Gasteiger partial charge in [-0.05, 0) is 26.8 Å². The topological polar surface area (TPSA) is 67.2 Å². The van der Waals surface area contributed by atoms with E-state index < -0.39 is 5.54 Å². The van der Waals surface area contributed by atoms with Crippen LogP contribution in [-0.4, -0.2) is 45.1 Å². The normalized spacial score (nSPS) is 18.1. The number of fused-ring (bicyclic) bond motifs is 1. The minimum Gasteiger partial charge on any atom is -0.352 e. The number of hydrogen-bond donors (Lipinski definition) is 1. The van der Waals surface area contributed by atoms with Crippen molar-refractivity contribution in [1.82, 2.24) is 20.0 Å². The summed E-state index contributed by atoms with van der Waals surface area (Å²) in [5.41, 5.74) is 0.0946. The smallest absolute Gasteiger partial charge is 0.264 e. The third kappa shape index (κ3) is 2.03. The van der Waals surface area contributed by atoms with Crippen LogP contribution in [0.4, 0.5) is 0 Å². The van der Waals surface area contributed by atoms with Crippen LogP contribution < -0.4 is 5.32 Å². The van der Waals surface area contributed by atoms with E-state index in [9.17, 15) is 9.59 Å². The Morgan fingerprint density at radius 3 is 2.86 bits per heavy atom. The first kappa shape index (κ1) is 14.1. The molecule has 6 nitrogen and oxygen atoms in total. The Kier molecular flexibility index (Phi) is 3.05. The van der Waals surface area contributed by atoms with Crippen molar-refractivity contribution in [2.24, 2.45) is 7.05 Å². The molecule has 3 heterocycles. The molecule has 112 valence electrons. The molecule has 1 saturated heterocycles. The number of aromatic nitrogens is 2. The van der Waals surface area contributed by atoms with Crippen molar-refractivity contribution < 1.29 is 9.59 Å². The van der Waals surface area contributed by atoms with Crippen LogP contribution in [-0.2, 0) is 11.8 Å². The number of nitrogens with one attached hydrogen (secondary N) is 1. The lowest BCUT2D eigenvalue weighted by atomic mass is 9.98. The highest BCUT2D eigenvalue weighted by Gasteiger charge is 2.41. The van der Waals surface area contributed by atoms with Crippen LogP contribution in [0, 0.1) is 6.92 Å². The predicted molar refractivity (Wildman–Crippen MR) is 81.5 cm³/mol. The molecule has 21 heavy (non-hydrogen) atoms. The number of carbonyl (C=O) groups excluding carboxylic acids is 2. The van der Waals surface area contributed by atoms with Gasteiger partial charge in [0.2, 0.25) is 5.91 Å². The molecule has 2 aromatic heterocycles. The molecular formula is C14H18N4O2S. The molecule has 1 fully saturated rings. The predicted octanol–water partition coefficient (Wildman–Crippen LogP) is 1.29. The molecule has 2 aromatic rings. The minimum atomic E-state index is -0.821. The monoisotopic (exact) mass is 306 g/mol. The Hall–Kier alpha value is -1.89. The molecule has 0 unspecified atom stereocenters. The molecule has 1 aliphatic heterocycles. The zero-order chi connectivity index (χ0) is 15.4. The lowest BCUT2D eigenvalue weighted by Gasteiger charge is -2.40. The largest absolute Gasteiger partial charge is 0.352 e. The van der Waals surface area contributed by atoms with Gasteiger partial charge >= 0.3 is 0 Å². The van der Waals surface area contributed by atoms with E-state index in [1.54, 1.807) is 23.4 Å². The van der Waals surface area contributed by atoms with Crippen LogP contribution in [0.3, 0.4) is 0 Å². The summed E-state index contributed by atoms with van der Waals surface area (Å²) in [6, 6.07) is 1.88. The van der Waals surface area contributed by atoms with Crippen molar-refractivity contribution >= 4 is 33.4 Å². The first-order chi connectivity index (χ1) is 9.82. The molecule has 0 bridgehead atoms. The molecule has 0 spiro atoms. The van der Waals surface area contributed by atoms with Gasteiger partial charge in [0.25, 0.3) is 5.91 Å². The fraction of sp³-hybridized carbons (Fsp3) is 0.500. The van der Waals surface area contributed by atoms with Crippen LogP contribution in [0.5, 0.6) is 0 Å². The van der Waals surface area contributed by atoms with Gasteiger partial charge < -0.3 is 10.2 Å². The lowest BCUT2D eigenvalue weighted by molar-refractivity contribution is -0.133. The molecule has 1 aliphatic rings. The van der Waals surface area contributed by atoms with Crippen LogP contribution >= 0.6 is 11.3 Å². The summed E-state index contributed by atoms with van der Waals surface area (Å²) in [4.78, 5) is 28.0. The Balaban J connectivity index is 2.00. The van der Waals surface area contributed by atoms with Gasteiger partial charge in [-0.25, -0.2) is 0 Å². The van der Waals surface area contributed by atoms with E-state index in [0.29, 0.717) is 18.0 Å². The van der Waals surface area contributed by atoms with E-state index in [0.717, 1.165) is 15.9 Å². The third-order valence-electron chi connectivity index (χ3n) is 4.00. The van der Waals surface area contributed by atoms with Gasteiger partial charge in [0.1, 0.15) is 10.4 Å². The maximum absolute atomic E-state index is 12.8. The number of thiophene rings is 1. The first-order valence-corrected chi connectivity index (χ1v) is 7.67. The second-order valence-electron chi connectivity index (χ2n) is 5.81. The SMILES string of the molecule is Cc1nn(C)c2sc(C(=O)N3CCNC(=O)C3(C)C)cc12. The summed E-state index contributed by atoms with van der Waals surface area (Å²) in [5, 5.41) is 8.15. The number of nitrogens with zero attached hydrogens (tertiary/aromatic N) is 3. The van der Waals surface area contributed by atoms with Crippen molar-refractivity contribution in [3.8, 4) is 0 Å². The molecule has 3 rings (SSSR count). The Labute approximate surface area is 126 Å². The van der Waals surface area contributed by atoms with Gasteiger partial charge in [-0.2, -0.15) is 5.10 Å². The standard InChI is InChI=1S/C14H18N4O2S/c1-8-9-7-10(21-12(9)17(4)16-8)11(19)18-6-5-15-13(20)14(18,2)3/h7H,5-6H2,1-4H3,(H,15,20). The second kappa shape index (κ2) is 4.56. The molecule has 0 atom stereocenters. The zero-order valence-electron chi connectivity index (χ0n) is 12.6. The fourth-order valence-electron chi connectivity index (χ4n) is 2.70. The van der Waals surface area contributed by atoms with Gasteiger partial charge in [0.05, 0.1) is 10.6 Å². The Morgan fingerprint density at radius 1 is 1.48 bits per heavy atom. The summed E-state index contributed by atoms with van der Waals surface area (Å²) in [6.45, 7) is 6.52. The third-order valence-corrected chi connectivity index (χ3v) is 5.19. The van der Waals surface area contributed by atoms with E-state index in [1.165, 1.54) is 11.3 Å². The minimum absolute atomic E-state index is 0.0875. The average Bonchev–Trinajstić information content (AvgIpc) is 2.95. The van der Waals surface area contributed by atoms with Gasteiger partial charge in [-0.3, -0.25) is 14.3 Å². The summed E-state index contributed by atoms with van der Waals surface area (Å²) >= 11 is 1.43. The summed E-state index contributed by atoms with van der Waals surface area (Å²) < 4.78 is 1.79. The maximum atomic E-state index is 12.8. The molecule has 0 aliphatic carbocycles. The van der Waals surface area contributed by atoms with Crippen LogP contribution in [0.15, 0.2) is 6.07 Å². The van der Waals surface area contributed by atoms with E-state index >= 15 is 0 Å². The first-order valence-electron chi connectivity index (χ1n) is 6.86. The van der Waals surface area contributed by atoms with Crippen molar-refractivity contribution in [2.75, 3.05) is 13.1 Å². The molecule has 0 saturated carbocycles. The summed E-state index contributed by atoms with van der Waals surface area (Å²) in [5.74, 6) is -0.198. The van der Waals surface area contributed by atoms with Gasteiger partial charge in [-0.15, -0.1) is 11.3 Å². The van der Waals surface area contributed by atoms with Crippen molar-refractivity contribution in [3.05, 3.63) is 16.6 Å². The van der Waals surface area contributed by atoms with Crippen LogP contribution in [0.25, 0.3) is 10.2 Å². The molecular weight excluding hydrogens is 288 g/mol. The average molecular weight is 306 g/mol. The highest BCUT2D eigenvalue weighted by Crippen LogP contribution is 2.30. The summed E-state index contributed by atoms with van der Waals surface area (Å²) in [7, 11) is 1.87. The number of piperazine rings is 1. The highest BCUT2D eigenvalue weighted by atomic mass is 32.1.